The summed E-state index contributed by atoms with van der Waals surface area (Å²) in [6.45, 7) is 2.37. The Balaban J connectivity index is 1.07. The molecule has 5 aromatic carbocycles. The van der Waals surface area contributed by atoms with E-state index in [1.807, 2.05) is 41.9 Å². The second-order valence-electron chi connectivity index (χ2n) is 13.4. The first-order valence-electron chi connectivity index (χ1n) is 17.4. The number of hydrogen-bond donors (Lipinski definition) is 0. The van der Waals surface area contributed by atoms with Gasteiger partial charge in [-0.3, -0.25) is 9.97 Å². The third-order valence-corrected chi connectivity index (χ3v) is 11.7. The second-order valence-corrected chi connectivity index (χ2v) is 14.5. The van der Waals surface area contributed by atoms with Crippen LogP contribution in [0, 0.1) is 0 Å². The van der Waals surface area contributed by atoms with Gasteiger partial charge in [0.25, 0.3) is 0 Å². The lowest BCUT2D eigenvalue weighted by atomic mass is 9.85. The molecule has 9 aromatic rings. The lowest BCUT2D eigenvalue weighted by Crippen LogP contribution is -2.01. The van der Waals surface area contributed by atoms with Crippen molar-refractivity contribution in [2.75, 3.05) is 0 Å². The number of aromatic nitrogens is 2. The van der Waals surface area contributed by atoms with Gasteiger partial charge in [-0.15, -0.1) is 11.3 Å². The van der Waals surface area contributed by atoms with E-state index in [2.05, 4.69) is 144 Å². The van der Waals surface area contributed by atoms with Gasteiger partial charge in [0.2, 0.25) is 0 Å². The van der Waals surface area contributed by atoms with Crippen LogP contribution in [0.25, 0.3) is 88.4 Å². The van der Waals surface area contributed by atoms with Gasteiger partial charge in [-0.25, -0.2) is 0 Å². The summed E-state index contributed by atoms with van der Waals surface area (Å²) in [7, 11) is 0. The molecule has 0 N–H and O–H groups in total. The van der Waals surface area contributed by atoms with Crippen LogP contribution < -0.4 is 0 Å². The van der Waals surface area contributed by atoms with Crippen LogP contribution in [0.5, 0.6) is 0 Å². The molecule has 1 unspecified atom stereocenters. The summed E-state index contributed by atoms with van der Waals surface area (Å²) in [5.74, 6) is 0.424. The predicted octanol–water partition coefficient (Wildman–Crippen LogP) is 13.3. The second kappa shape index (κ2) is 12.0. The van der Waals surface area contributed by atoms with Crippen LogP contribution in [-0.4, -0.2) is 9.97 Å². The fourth-order valence-electron chi connectivity index (χ4n) is 7.78. The van der Waals surface area contributed by atoms with Gasteiger partial charge in [0.05, 0.1) is 11.4 Å². The van der Waals surface area contributed by atoms with Gasteiger partial charge in [-0.2, -0.15) is 0 Å². The average molecular weight is 673 g/mol. The lowest BCUT2D eigenvalue weighted by molar-refractivity contribution is 0.669. The van der Waals surface area contributed by atoms with Crippen molar-refractivity contribution >= 4 is 55.0 Å². The Kier molecular flexibility index (Phi) is 7.03. The summed E-state index contributed by atoms with van der Waals surface area (Å²) < 4.78 is 7.72. The summed E-state index contributed by atoms with van der Waals surface area (Å²) in [5.41, 5.74) is 14.7. The Labute approximate surface area is 300 Å². The summed E-state index contributed by atoms with van der Waals surface area (Å²) in [6.07, 6.45) is 7.16. The van der Waals surface area contributed by atoms with E-state index in [4.69, 9.17) is 4.42 Å². The largest absolute Gasteiger partial charge is 0.456 e. The molecule has 0 bridgehead atoms. The highest BCUT2D eigenvalue weighted by Crippen LogP contribution is 2.47. The molecule has 0 radical (unpaired) electrons. The van der Waals surface area contributed by atoms with Crippen molar-refractivity contribution in [2.45, 2.75) is 19.3 Å². The molecule has 0 saturated carbocycles. The molecule has 3 nitrogen and oxygen atoms in total. The maximum atomic E-state index is 6.39. The summed E-state index contributed by atoms with van der Waals surface area (Å²) >= 11 is 1.94. The molecule has 1 aliphatic rings. The molecule has 4 aromatic heterocycles. The topological polar surface area (TPSA) is 38.9 Å². The molecule has 0 aliphatic heterocycles. The molecule has 4 heteroatoms. The van der Waals surface area contributed by atoms with Gasteiger partial charge in [-0.1, -0.05) is 85.8 Å². The molecule has 10 rings (SSSR count). The van der Waals surface area contributed by atoms with E-state index >= 15 is 0 Å². The third-order valence-electron chi connectivity index (χ3n) is 10.2. The van der Waals surface area contributed by atoms with Crippen molar-refractivity contribution in [3.8, 4) is 44.8 Å². The molecule has 1 aliphatic carbocycles. The van der Waals surface area contributed by atoms with Crippen LogP contribution in [-0.2, 0) is 0 Å². The monoisotopic (exact) mass is 672 g/mol. The summed E-state index contributed by atoms with van der Waals surface area (Å²) in [6, 6.07) is 49.5. The first-order chi connectivity index (χ1) is 25.2. The number of nitrogens with zero attached hydrogens (tertiary/aromatic N) is 2. The fraction of sp³-hybridized carbons (Fsp3) is 0.0638. The zero-order valence-electron chi connectivity index (χ0n) is 28.0. The van der Waals surface area contributed by atoms with Crippen molar-refractivity contribution in [3.05, 3.63) is 168 Å². The number of pyridine rings is 2. The molecule has 0 saturated heterocycles. The zero-order chi connectivity index (χ0) is 33.9. The van der Waals surface area contributed by atoms with Gasteiger partial charge in [0.15, 0.2) is 0 Å². The van der Waals surface area contributed by atoms with Gasteiger partial charge in [0.1, 0.15) is 11.2 Å². The summed E-state index contributed by atoms with van der Waals surface area (Å²) in [4.78, 5) is 10.8. The normalized spacial score (nSPS) is 14.2. The van der Waals surface area contributed by atoms with E-state index in [1.165, 1.54) is 42.8 Å². The number of rotatable bonds is 5. The highest BCUT2D eigenvalue weighted by Gasteiger charge is 2.24. The number of thiophene rings is 1. The SMILES string of the molecule is CC1CC(c2ccc3oc4ccc(-c5ccccc5-c5ccccn5)cc4c3c2)=Cc2c1sc1ccc(-c3ccccc3-c3ccccn3)cc21. The number of furan rings is 1. The highest BCUT2D eigenvalue weighted by atomic mass is 32.1. The average Bonchev–Trinajstić information content (AvgIpc) is 3.76. The minimum absolute atomic E-state index is 0.424. The quantitative estimate of drug-likeness (QED) is 0.183. The fourth-order valence-corrected chi connectivity index (χ4v) is 9.00. The van der Waals surface area contributed by atoms with Crippen molar-refractivity contribution in [1.82, 2.24) is 9.97 Å². The smallest absolute Gasteiger partial charge is 0.135 e. The molecule has 0 spiro atoms. The summed E-state index contributed by atoms with van der Waals surface area (Å²) in [5, 5.41) is 3.59. The molecular weight excluding hydrogens is 641 g/mol. The lowest BCUT2D eigenvalue weighted by Gasteiger charge is -2.20. The van der Waals surface area contributed by atoms with Crippen molar-refractivity contribution < 1.29 is 4.42 Å². The molecule has 4 heterocycles. The van der Waals surface area contributed by atoms with E-state index in [9.17, 15) is 0 Å². The Morgan fingerprint density at radius 3 is 1.69 bits per heavy atom. The number of benzene rings is 5. The van der Waals surface area contributed by atoms with Gasteiger partial charge in [0, 0.05) is 49.3 Å². The number of allylic oxidation sites excluding steroid dienone is 1. The molecule has 0 amide bonds. The minimum Gasteiger partial charge on any atom is -0.456 e. The zero-order valence-corrected chi connectivity index (χ0v) is 28.8. The van der Waals surface area contributed by atoms with Crippen LogP contribution in [0.1, 0.15) is 35.3 Å². The maximum Gasteiger partial charge on any atom is 0.135 e. The highest BCUT2D eigenvalue weighted by molar-refractivity contribution is 7.19. The Morgan fingerprint density at radius 1 is 0.549 bits per heavy atom. The minimum atomic E-state index is 0.424. The number of fused-ring (bicyclic) bond motifs is 6. The van der Waals surface area contributed by atoms with E-state index in [-0.39, 0.29) is 0 Å². The van der Waals surface area contributed by atoms with Crippen LogP contribution in [0.4, 0.5) is 0 Å². The predicted molar refractivity (Wildman–Crippen MR) is 214 cm³/mol. The third kappa shape index (κ3) is 5.10. The standard InChI is InChI=1S/C47H32N2OS/c1-29-24-33(28-41-40-27-32(18-21-46(40)51-47(29)41)35-11-3-5-13-37(35)43-15-7-9-23-49-43)30-16-19-44-38(25-30)39-26-31(17-20-45(39)50-44)34-10-2-4-12-36(34)42-14-6-8-22-48-42/h2-23,25-29H,24H2,1H3. The van der Waals surface area contributed by atoms with Crippen molar-refractivity contribution in [1.29, 1.82) is 0 Å². The van der Waals surface area contributed by atoms with E-state index < -0.39 is 0 Å². The molecular formula is C47H32N2OS. The molecule has 242 valence electrons. The van der Waals surface area contributed by atoms with E-state index in [0.29, 0.717) is 5.92 Å². The molecule has 0 fully saturated rings. The number of hydrogen-bond acceptors (Lipinski definition) is 4. The van der Waals surface area contributed by atoms with Crippen LogP contribution >= 0.6 is 11.3 Å². The Morgan fingerprint density at radius 2 is 1.08 bits per heavy atom. The Hall–Kier alpha value is -6.10. The van der Waals surface area contributed by atoms with Gasteiger partial charge < -0.3 is 4.42 Å². The molecule has 51 heavy (non-hydrogen) atoms. The first-order valence-corrected chi connectivity index (χ1v) is 18.2. The van der Waals surface area contributed by atoms with Crippen LogP contribution in [0.15, 0.2) is 156 Å². The van der Waals surface area contributed by atoms with Gasteiger partial charge in [-0.05, 0) is 118 Å². The van der Waals surface area contributed by atoms with Gasteiger partial charge >= 0.3 is 0 Å². The van der Waals surface area contributed by atoms with E-state index in [0.717, 1.165) is 62.0 Å². The molecule has 1 atom stereocenters. The Bertz CT molecular complexity index is 2790. The van der Waals surface area contributed by atoms with Crippen LogP contribution in [0.3, 0.4) is 0 Å². The van der Waals surface area contributed by atoms with Crippen LogP contribution in [0.2, 0.25) is 0 Å². The first kappa shape index (κ1) is 29.8. The van der Waals surface area contributed by atoms with Crippen molar-refractivity contribution in [2.24, 2.45) is 0 Å². The van der Waals surface area contributed by atoms with E-state index in [1.54, 1.807) is 0 Å². The van der Waals surface area contributed by atoms with Crippen molar-refractivity contribution in [3.63, 3.8) is 0 Å². The maximum absolute atomic E-state index is 6.39.